The van der Waals surface area contributed by atoms with Crippen molar-refractivity contribution >= 4 is 22.5 Å². The molecule has 0 saturated heterocycles. The molecule has 0 spiro atoms. The van der Waals surface area contributed by atoms with Crippen molar-refractivity contribution in [2.24, 2.45) is 5.92 Å². The van der Waals surface area contributed by atoms with Crippen molar-refractivity contribution in [3.8, 4) is 0 Å². The Morgan fingerprint density at radius 1 is 1.47 bits per heavy atom. The smallest absolute Gasteiger partial charge is 0.253 e. The Bertz CT molecular complexity index is 591. The van der Waals surface area contributed by atoms with Crippen LogP contribution in [0.1, 0.15) is 24.2 Å². The number of nitrogens with two attached hydrogens (primary N) is 1. The highest BCUT2D eigenvalue weighted by Gasteiger charge is 2.17. The molecule has 0 saturated carbocycles. The van der Waals surface area contributed by atoms with Crippen LogP contribution in [-0.2, 0) is 0 Å². The molecule has 1 aromatic heterocycles. The lowest BCUT2D eigenvalue weighted by atomic mass is 10.0. The predicted molar refractivity (Wildman–Crippen MR) is 75.9 cm³/mol. The van der Waals surface area contributed by atoms with Gasteiger partial charge in [0, 0.05) is 35.4 Å². The van der Waals surface area contributed by atoms with Crippen LogP contribution in [0.5, 0.6) is 0 Å². The van der Waals surface area contributed by atoms with Crippen LogP contribution in [0.15, 0.2) is 24.4 Å². The molecule has 1 aromatic carbocycles. The van der Waals surface area contributed by atoms with Crippen LogP contribution in [0, 0.1) is 5.92 Å². The number of carbonyl (C=O) groups is 1. The monoisotopic (exact) mass is 261 g/mol. The third-order valence-corrected chi connectivity index (χ3v) is 3.45. The van der Waals surface area contributed by atoms with Gasteiger partial charge in [0.05, 0.1) is 5.56 Å². The van der Waals surface area contributed by atoms with E-state index in [1.807, 2.05) is 19.9 Å². The molecule has 2 unspecified atom stereocenters. The van der Waals surface area contributed by atoms with E-state index in [1.54, 1.807) is 18.3 Å². The van der Waals surface area contributed by atoms with Crippen molar-refractivity contribution in [2.75, 3.05) is 12.3 Å². The van der Waals surface area contributed by atoms with Crippen molar-refractivity contribution in [3.63, 3.8) is 0 Å². The van der Waals surface area contributed by atoms with E-state index in [9.17, 15) is 4.79 Å². The number of carbonyl (C=O) groups excluding carboxylic acids is 1. The number of hydrogen-bond acceptors (Lipinski definition) is 3. The number of nitrogen functional groups attached to an aromatic ring is 1. The number of aliphatic hydroxyl groups is 1. The lowest BCUT2D eigenvalue weighted by molar-refractivity contribution is 0.0918. The Labute approximate surface area is 111 Å². The van der Waals surface area contributed by atoms with Crippen LogP contribution in [0.4, 0.5) is 5.69 Å². The van der Waals surface area contributed by atoms with Gasteiger partial charge in [-0.1, -0.05) is 6.92 Å². The number of aromatic nitrogens is 1. The van der Waals surface area contributed by atoms with E-state index >= 15 is 0 Å². The lowest BCUT2D eigenvalue weighted by Gasteiger charge is -2.18. The molecular formula is C14H19N3O2. The standard InChI is InChI=1S/C14H19N3O2/c1-8(7-18)9(2)17-14(19)12-6-16-13-4-3-10(15)5-11(12)13/h3-6,8-9,16,18H,7,15H2,1-2H3,(H,17,19). The number of amides is 1. The molecule has 2 rings (SSSR count). The Kier molecular flexibility index (Phi) is 3.76. The van der Waals surface area contributed by atoms with Crippen molar-refractivity contribution in [1.29, 1.82) is 0 Å². The average molecular weight is 261 g/mol. The number of anilines is 1. The maximum atomic E-state index is 12.2. The van der Waals surface area contributed by atoms with E-state index in [1.165, 1.54) is 0 Å². The fraction of sp³-hybridized carbons (Fsp3) is 0.357. The summed E-state index contributed by atoms with van der Waals surface area (Å²) in [6, 6.07) is 5.32. The largest absolute Gasteiger partial charge is 0.399 e. The molecular weight excluding hydrogens is 242 g/mol. The van der Waals surface area contributed by atoms with E-state index in [0.717, 1.165) is 10.9 Å². The number of fused-ring (bicyclic) bond motifs is 1. The summed E-state index contributed by atoms with van der Waals surface area (Å²) in [5.41, 5.74) is 7.81. The first-order valence-corrected chi connectivity index (χ1v) is 6.31. The maximum Gasteiger partial charge on any atom is 0.253 e. The number of aliphatic hydroxyl groups excluding tert-OH is 1. The second-order valence-electron chi connectivity index (χ2n) is 4.93. The normalized spacial score (nSPS) is 14.3. The topological polar surface area (TPSA) is 91.1 Å². The van der Waals surface area contributed by atoms with Gasteiger partial charge in [0.1, 0.15) is 0 Å². The van der Waals surface area contributed by atoms with Crippen LogP contribution in [0.3, 0.4) is 0 Å². The zero-order valence-corrected chi connectivity index (χ0v) is 11.1. The Hall–Kier alpha value is -2.01. The zero-order valence-electron chi connectivity index (χ0n) is 11.1. The van der Waals surface area contributed by atoms with Gasteiger partial charge in [-0.3, -0.25) is 4.79 Å². The number of benzene rings is 1. The molecule has 0 fully saturated rings. The highest BCUT2D eigenvalue weighted by molar-refractivity contribution is 6.07. The van der Waals surface area contributed by atoms with Gasteiger partial charge in [-0.2, -0.15) is 0 Å². The molecule has 1 heterocycles. The molecule has 2 atom stereocenters. The molecule has 5 N–H and O–H groups in total. The molecule has 0 radical (unpaired) electrons. The van der Waals surface area contributed by atoms with Crippen LogP contribution in [0.2, 0.25) is 0 Å². The third-order valence-electron chi connectivity index (χ3n) is 3.45. The summed E-state index contributed by atoms with van der Waals surface area (Å²) < 4.78 is 0. The van der Waals surface area contributed by atoms with Gasteiger partial charge >= 0.3 is 0 Å². The van der Waals surface area contributed by atoms with Gasteiger partial charge < -0.3 is 21.1 Å². The highest BCUT2D eigenvalue weighted by atomic mass is 16.3. The molecule has 0 aliphatic rings. The van der Waals surface area contributed by atoms with Crippen molar-refractivity contribution < 1.29 is 9.90 Å². The molecule has 0 aliphatic heterocycles. The Balaban J connectivity index is 2.24. The first-order valence-electron chi connectivity index (χ1n) is 6.31. The predicted octanol–water partition coefficient (Wildman–Crippen LogP) is 1.50. The summed E-state index contributed by atoms with van der Waals surface area (Å²) in [4.78, 5) is 15.3. The SMILES string of the molecule is CC(CO)C(C)NC(=O)c1c[nH]c2ccc(N)cc12. The first-order chi connectivity index (χ1) is 9.02. The number of aromatic amines is 1. The molecule has 19 heavy (non-hydrogen) atoms. The molecule has 102 valence electrons. The fourth-order valence-corrected chi connectivity index (χ4v) is 1.91. The van der Waals surface area contributed by atoms with Gasteiger partial charge in [-0.05, 0) is 31.0 Å². The molecule has 0 bridgehead atoms. The maximum absolute atomic E-state index is 12.2. The summed E-state index contributed by atoms with van der Waals surface area (Å²) >= 11 is 0. The Morgan fingerprint density at radius 2 is 2.21 bits per heavy atom. The van der Waals surface area contributed by atoms with Gasteiger partial charge in [0.25, 0.3) is 5.91 Å². The molecule has 0 aliphatic carbocycles. The van der Waals surface area contributed by atoms with Gasteiger partial charge in [0.15, 0.2) is 0 Å². The number of hydrogen-bond donors (Lipinski definition) is 4. The lowest BCUT2D eigenvalue weighted by Crippen LogP contribution is -2.38. The van der Waals surface area contributed by atoms with Gasteiger partial charge in [-0.15, -0.1) is 0 Å². The van der Waals surface area contributed by atoms with Crippen LogP contribution < -0.4 is 11.1 Å². The average Bonchev–Trinajstić information content (AvgIpc) is 2.80. The highest BCUT2D eigenvalue weighted by Crippen LogP contribution is 2.21. The van der Waals surface area contributed by atoms with Crippen LogP contribution >= 0.6 is 0 Å². The van der Waals surface area contributed by atoms with Crippen LogP contribution in [-0.4, -0.2) is 28.6 Å². The molecule has 1 amide bonds. The summed E-state index contributed by atoms with van der Waals surface area (Å²) in [5, 5.41) is 12.8. The summed E-state index contributed by atoms with van der Waals surface area (Å²) in [6.07, 6.45) is 1.68. The van der Waals surface area contributed by atoms with E-state index in [0.29, 0.717) is 11.3 Å². The molecule has 2 aromatic rings. The van der Waals surface area contributed by atoms with E-state index in [2.05, 4.69) is 10.3 Å². The second kappa shape index (κ2) is 5.32. The van der Waals surface area contributed by atoms with Gasteiger partial charge in [0.2, 0.25) is 0 Å². The fourth-order valence-electron chi connectivity index (χ4n) is 1.91. The van der Waals surface area contributed by atoms with E-state index in [4.69, 9.17) is 10.8 Å². The second-order valence-corrected chi connectivity index (χ2v) is 4.93. The zero-order chi connectivity index (χ0) is 14.0. The number of rotatable bonds is 4. The van der Waals surface area contributed by atoms with Gasteiger partial charge in [-0.25, -0.2) is 0 Å². The van der Waals surface area contributed by atoms with Crippen LogP contribution in [0.25, 0.3) is 10.9 Å². The third kappa shape index (κ3) is 2.71. The van der Waals surface area contributed by atoms with Crippen molar-refractivity contribution in [3.05, 3.63) is 30.0 Å². The first kappa shape index (κ1) is 13.4. The minimum Gasteiger partial charge on any atom is -0.399 e. The molecule has 5 heteroatoms. The van der Waals surface area contributed by atoms with Crippen molar-refractivity contribution in [2.45, 2.75) is 19.9 Å². The summed E-state index contributed by atoms with van der Waals surface area (Å²) in [5.74, 6) is -0.149. The quantitative estimate of drug-likeness (QED) is 0.628. The summed E-state index contributed by atoms with van der Waals surface area (Å²) in [7, 11) is 0. The Morgan fingerprint density at radius 3 is 2.89 bits per heavy atom. The van der Waals surface area contributed by atoms with E-state index < -0.39 is 0 Å². The minimum atomic E-state index is -0.162. The molecule has 5 nitrogen and oxygen atoms in total. The number of H-pyrrole nitrogens is 1. The van der Waals surface area contributed by atoms with Crippen molar-refractivity contribution in [1.82, 2.24) is 10.3 Å². The summed E-state index contributed by atoms with van der Waals surface area (Å²) in [6.45, 7) is 3.81. The number of nitrogens with one attached hydrogen (secondary N) is 2. The minimum absolute atomic E-state index is 0.0132. The van der Waals surface area contributed by atoms with E-state index in [-0.39, 0.29) is 24.5 Å².